The van der Waals surface area contributed by atoms with Crippen molar-refractivity contribution < 1.29 is 0 Å². The van der Waals surface area contributed by atoms with Crippen molar-refractivity contribution in [2.24, 2.45) is 0 Å². The van der Waals surface area contributed by atoms with E-state index in [1.807, 2.05) is 7.05 Å². The number of nitrogens with zero attached hydrogens (tertiary/aromatic N) is 2. The predicted molar refractivity (Wildman–Crippen MR) is 63.7 cm³/mol. The van der Waals surface area contributed by atoms with Crippen molar-refractivity contribution in [3.05, 3.63) is 41.0 Å². The van der Waals surface area contributed by atoms with Crippen molar-refractivity contribution in [1.29, 1.82) is 5.26 Å². The molecule has 1 atom stereocenters. The molecular weight excluding hydrogens is 196 g/mol. The lowest BCUT2D eigenvalue weighted by atomic mass is 9.94. The summed E-state index contributed by atoms with van der Waals surface area (Å²) in [5.41, 5.74) is 5.53. The molecule has 0 aromatic heterocycles. The van der Waals surface area contributed by atoms with Crippen LogP contribution in [0.3, 0.4) is 0 Å². The molecule has 0 fully saturated rings. The number of benzene rings is 1. The minimum atomic E-state index is -0.0175. The molecule has 0 N–H and O–H groups in total. The summed E-state index contributed by atoms with van der Waals surface area (Å²) < 4.78 is 0. The second-order valence-corrected chi connectivity index (χ2v) is 4.60. The number of likely N-dealkylation sites (N-methyl/N-ethyl adjacent to an activating group) is 1. The molecule has 3 rings (SSSR count). The number of rotatable bonds is 0. The summed E-state index contributed by atoms with van der Waals surface area (Å²) in [6.45, 7) is 0.991. The van der Waals surface area contributed by atoms with Crippen molar-refractivity contribution >= 4 is 5.57 Å². The number of hydrogen-bond acceptors (Lipinski definition) is 2. The van der Waals surface area contributed by atoms with Gasteiger partial charge < -0.3 is 0 Å². The Hall–Kier alpha value is -1.59. The van der Waals surface area contributed by atoms with Gasteiger partial charge in [0, 0.05) is 6.54 Å². The maximum Gasteiger partial charge on any atom is 0.120 e. The fourth-order valence-corrected chi connectivity index (χ4v) is 2.87. The second kappa shape index (κ2) is 3.47. The second-order valence-electron chi connectivity index (χ2n) is 4.60. The zero-order valence-electron chi connectivity index (χ0n) is 9.40. The highest BCUT2D eigenvalue weighted by atomic mass is 15.1. The van der Waals surface area contributed by atoms with E-state index in [0.29, 0.717) is 0 Å². The zero-order valence-corrected chi connectivity index (χ0v) is 9.40. The van der Waals surface area contributed by atoms with Crippen LogP contribution in [-0.2, 0) is 6.42 Å². The lowest BCUT2D eigenvalue weighted by molar-refractivity contribution is 0.309. The summed E-state index contributed by atoms with van der Waals surface area (Å²) in [7, 11) is 2.04. The van der Waals surface area contributed by atoms with Gasteiger partial charge in [0.25, 0.3) is 0 Å². The van der Waals surface area contributed by atoms with Gasteiger partial charge in [-0.2, -0.15) is 5.26 Å². The summed E-state index contributed by atoms with van der Waals surface area (Å²) in [5.74, 6) is 0. The number of fused-ring (bicyclic) bond motifs is 2. The third kappa shape index (κ3) is 1.22. The monoisotopic (exact) mass is 210 g/mol. The Kier molecular flexibility index (Phi) is 2.08. The molecule has 1 aromatic carbocycles. The first-order valence-electron chi connectivity index (χ1n) is 5.71. The smallest absolute Gasteiger partial charge is 0.120 e. The van der Waals surface area contributed by atoms with E-state index in [2.05, 4.69) is 35.2 Å². The first-order chi connectivity index (χ1) is 7.81. The van der Waals surface area contributed by atoms with Gasteiger partial charge in [-0.1, -0.05) is 24.3 Å². The highest BCUT2D eigenvalue weighted by Gasteiger charge is 2.32. The molecule has 16 heavy (non-hydrogen) atoms. The van der Waals surface area contributed by atoms with Crippen LogP contribution < -0.4 is 0 Å². The van der Waals surface area contributed by atoms with Crippen LogP contribution in [0.4, 0.5) is 0 Å². The lowest BCUT2D eigenvalue weighted by Crippen LogP contribution is -2.36. The Balaban J connectivity index is 2.10. The van der Waals surface area contributed by atoms with Crippen LogP contribution >= 0.6 is 0 Å². The maximum atomic E-state index is 9.26. The highest BCUT2D eigenvalue weighted by Crippen LogP contribution is 2.39. The van der Waals surface area contributed by atoms with E-state index in [1.165, 1.54) is 22.3 Å². The van der Waals surface area contributed by atoms with Gasteiger partial charge in [0.2, 0.25) is 0 Å². The van der Waals surface area contributed by atoms with Gasteiger partial charge in [0.05, 0.1) is 6.07 Å². The molecule has 2 nitrogen and oxygen atoms in total. The molecule has 0 saturated heterocycles. The van der Waals surface area contributed by atoms with Crippen molar-refractivity contribution in [3.8, 4) is 6.07 Å². The average molecular weight is 210 g/mol. The summed E-state index contributed by atoms with van der Waals surface area (Å²) in [5, 5.41) is 9.26. The minimum Gasteiger partial charge on any atom is -0.287 e. The maximum absolute atomic E-state index is 9.26. The van der Waals surface area contributed by atoms with Crippen molar-refractivity contribution in [1.82, 2.24) is 4.90 Å². The number of nitriles is 1. The van der Waals surface area contributed by atoms with Crippen LogP contribution in [-0.4, -0.2) is 24.5 Å². The fraction of sp³-hybridized carbons (Fsp3) is 0.357. The normalized spacial score (nSPS) is 23.9. The first kappa shape index (κ1) is 9.62. The van der Waals surface area contributed by atoms with Crippen LogP contribution in [0.2, 0.25) is 0 Å². The molecule has 0 radical (unpaired) electrons. The van der Waals surface area contributed by atoms with Crippen LogP contribution in [0.1, 0.15) is 17.5 Å². The molecule has 2 heteroatoms. The summed E-state index contributed by atoms with van der Waals surface area (Å²) >= 11 is 0. The third-order valence-electron chi connectivity index (χ3n) is 3.72. The van der Waals surface area contributed by atoms with E-state index >= 15 is 0 Å². The molecule has 1 aromatic rings. The van der Waals surface area contributed by atoms with Crippen molar-refractivity contribution in [2.75, 3.05) is 13.6 Å². The highest BCUT2D eigenvalue weighted by molar-refractivity contribution is 5.78. The quantitative estimate of drug-likeness (QED) is 0.656. The molecule has 2 aliphatic rings. The molecule has 80 valence electrons. The average Bonchev–Trinajstić information content (AvgIpc) is 2.67. The van der Waals surface area contributed by atoms with Gasteiger partial charge >= 0.3 is 0 Å². The van der Waals surface area contributed by atoms with Gasteiger partial charge in [-0.25, -0.2) is 0 Å². The van der Waals surface area contributed by atoms with Gasteiger partial charge in [0.15, 0.2) is 0 Å². The summed E-state index contributed by atoms with van der Waals surface area (Å²) in [4.78, 5) is 2.16. The van der Waals surface area contributed by atoms with Crippen molar-refractivity contribution in [3.63, 3.8) is 0 Å². The van der Waals surface area contributed by atoms with E-state index in [0.717, 1.165) is 19.4 Å². The molecule has 0 bridgehead atoms. The Morgan fingerprint density at radius 1 is 1.38 bits per heavy atom. The Labute approximate surface area is 95.8 Å². The standard InChI is InChI=1S/C14H14N2/c1-16-7-6-12-11-5-3-2-4-10(11)8-13(12)14(16)9-15/h2-5,14H,6-8H2,1H3/t14-/m0/s1. The third-order valence-corrected chi connectivity index (χ3v) is 3.72. The molecular formula is C14H14N2. The lowest BCUT2D eigenvalue weighted by Gasteiger charge is -2.29. The molecule has 0 spiro atoms. The topological polar surface area (TPSA) is 27.0 Å². The zero-order chi connectivity index (χ0) is 11.1. The van der Waals surface area contributed by atoms with E-state index in [4.69, 9.17) is 0 Å². The Morgan fingerprint density at radius 2 is 2.19 bits per heavy atom. The van der Waals surface area contributed by atoms with Crippen LogP contribution in [0, 0.1) is 11.3 Å². The van der Waals surface area contributed by atoms with Crippen LogP contribution in [0.25, 0.3) is 5.57 Å². The molecule has 1 aliphatic carbocycles. The molecule has 0 amide bonds. The van der Waals surface area contributed by atoms with Gasteiger partial charge in [-0.05, 0) is 42.2 Å². The number of hydrogen-bond donors (Lipinski definition) is 0. The van der Waals surface area contributed by atoms with Crippen molar-refractivity contribution in [2.45, 2.75) is 18.9 Å². The first-order valence-corrected chi connectivity index (χ1v) is 5.71. The predicted octanol–water partition coefficient (Wildman–Crippen LogP) is 2.22. The van der Waals surface area contributed by atoms with Gasteiger partial charge in [-0.3, -0.25) is 4.90 Å². The Morgan fingerprint density at radius 3 is 3.00 bits per heavy atom. The SMILES string of the molecule is CN1CCC2=C(Cc3ccccc32)[C@@H]1C#N. The minimum absolute atomic E-state index is 0.0175. The van der Waals surface area contributed by atoms with E-state index in [-0.39, 0.29) is 6.04 Å². The molecule has 0 saturated carbocycles. The molecule has 1 aliphatic heterocycles. The summed E-state index contributed by atoms with van der Waals surface area (Å²) in [6.07, 6.45) is 2.05. The van der Waals surface area contributed by atoms with E-state index in [1.54, 1.807) is 0 Å². The van der Waals surface area contributed by atoms with E-state index < -0.39 is 0 Å². The fourth-order valence-electron chi connectivity index (χ4n) is 2.87. The summed E-state index contributed by atoms with van der Waals surface area (Å²) in [6, 6.07) is 11.0. The van der Waals surface area contributed by atoms with Crippen LogP contribution in [0.5, 0.6) is 0 Å². The molecule has 0 unspecified atom stereocenters. The molecule has 1 heterocycles. The van der Waals surface area contributed by atoms with Gasteiger partial charge in [0.1, 0.15) is 6.04 Å². The Bertz CT molecular complexity index is 508. The largest absolute Gasteiger partial charge is 0.287 e. The van der Waals surface area contributed by atoms with E-state index in [9.17, 15) is 5.26 Å². The van der Waals surface area contributed by atoms with Gasteiger partial charge in [-0.15, -0.1) is 0 Å². The van der Waals surface area contributed by atoms with Crippen LogP contribution in [0.15, 0.2) is 29.8 Å².